The van der Waals surface area contributed by atoms with Gasteiger partial charge in [-0.1, -0.05) is 6.07 Å². The molecule has 1 amide bonds. The molecule has 0 unspecified atom stereocenters. The number of nitrogens with zero attached hydrogens (tertiary/aromatic N) is 5. The molecule has 6 nitrogen and oxygen atoms in total. The fourth-order valence-electron chi connectivity index (χ4n) is 3.81. The molecule has 0 spiro atoms. The van der Waals surface area contributed by atoms with Crippen LogP contribution >= 0.6 is 0 Å². The standard InChI is InChI=1S/C22H21F2N5O/c1-27-20-12-15(14-25)2-5-18(20)21(26-27)22(30)29-10-8-28(9-11-29)7-6-16-3-4-17(23)13-19(16)24/h2-5,12-13H,6-11H2,1H3. The smallest absolute Gasteiger partial charge is 0.275 e. The average Bonchev–Trinajstić information content (AvgIpc) is 3.09. The van der Waals surface area contributed by atoms with Crippen LogP contribution in [0.1, 0.15) is 21.6 Å². The van der Waals surface area contributed by atoms with Gasteiger partial charge in [0, 0.05) is 51.2 Å². The van der Waals surface area contributed by atoms with Crippen LogP contribution in [0.2, 0.25) is 0 Å². The number of aromatic nitrogens is 2. The fraction of sp³-hybridized carbons (Fsp3) is 0.318. The number of hydrogen-bond acceptors (Lipinski definition) is 4. The van der Waals surface area contributed by atoms with Crippen LogP contribution in [0.3, 0.4) is 0 Å². The molecule has 1 aromatic heterocycles. The number of carbonyl (C=O) groups is 1. The first-order valence-electron chi connectivity index (χ1n) is 9.78. The van der Waals surface area contributed by atoms with Crippen molar-refractivity contribution in [1.29, 1.82) is 5.26 Å². The van der Waals surface area contributed by atoms with Crippen LogP contribution in [0.4, 0.5) is 8.78 Å². The van der Waals surface area contributed by atoms with Crippen molar-refractivity contribution in [2.24, 2.45) is 7.05 Å². The molecule has 1 fully saturated rings. The molecule has 0 N–H and O–H groups in total. The van der Waals surface area contributed by atoms with Gasteiger partial charge in [0.25, 0.3) is 5.91 Å². The second kappa shape index (κ2) is 8.20. The van der Waals surface area contributed by atoms with Crippen molar-refractivity contribution in [3.63, 3.8) is 0 Å². The first kappa shape index (κ1) is 20.0. The summed E-state index contributed by atoms with van der Waals surface area (Å²) in [6.07, 6.45) is 0.492. The molecule has 1 aliphatic rings. The zero-order valence-corrected chi connectivity index (χ0v) is 16.6. The summed E-state index contributed by atoms with van der Waals surface area (Å²) in [5, 5.41) is 14.2. The summed E-state index contributed by atoms with van der Waals surface area (Å²) in [4.78, 5) is 17.0. The summed E-state index contributed by atoms with van der Waals surface area (Å²) in [7, 11) is 1.76. The first-order valence-corrected chi connectivity index (χ1v) is 9.78. The molecule has 0 saturated carbocycles. The van der Waals surface area contributed by atoms with Gasteiger partial charge < -0.3 is 4.90 Å². The van der Waals surface area contributed by atoms with E-state index in [9.17, 15) is 13.6 Å². The van der Waals surface area contributed by atoms with Crippen molar-refractivity contribution in [3.05, 3.63) is 64.9 Å². The lowest BCUT2D eigenvalue weighted by atomic mass is 10.1. The van der Waals surface area contributed by atoms with Gasteiger partial charge in [-0.15, -0.1) is 0 Å². The molecule has 8 heteroatoms. The minimum Gasteiger partial charge on any atom is -0.335 e. The van der Waals surface area contributed by atoms with Crippen molar-refractivity contribution < 1.29 is 13.6 Å². The Kier molecular flexibility index (Phi) is 5.46. The molecule has 1 aliphatic heterocycles. The van der Waals surface area contributed by atoms with E-state index in [0.717, 1.165) is 17.0 Å². The number of nitriles is 1. The molecule has 3 aromatic rings. The number of halogens is 2. The summed E-state index contributed by atoms with van der Waals surface area (Å²) < 4.78 is 28.5. The topological polar surface area (TPSA) is 65.2 Å². The van der Waals surface area contributed by atoms with Gasteiger partial charge >= 0.3 is 0 Å². The number of rotatable bonds is 4. The second-order valence-corrected chi connectivity index (χ2v) is 7.44. The molecule has 1 saturated heterocycles. The second-order valence-electron chi connectivity index (χ2n) is 7.44. The largest absolute Gasteiger partial charge is 0.335 e. The van der Waals surface area contributed by atoms with Gasteiger partial charge in [-0.05, 0) is 36.2 Å². The summed E-state index contributed by atoms with van der Waals surface area (Å²) in [5.74, 6) is -1.23. The molecule has 154 valence electrons. The Morgan fingerprint density at radius 2 is 1.90 bits per heavy atom. The van der Waals surface area contributed by atoms with Crippen molar-refractivity contribution in [2.75, 3.05) is 32.7 Å². The molecule has 30 heavy (non-hydrogen) atoms. The van der Waals surface area contributed by atoms with Crippen LogP contribution < -0.4 is 0 Å². The highest BCUT2D eigenvalue weighted by Crippen LogP contribution is 2.21. The normalized spacial score (nSPS) is 14.8. The summed E-state index contributed by atoms with van der Waals surface area (Å²) in [5.41, 5.74) is 2.15. The number of hydrogen-bond donors (Lipinski definition) is 0. The maximum atomic E-state index is 13.8. The Bertz CT molecular complexity index is 1140. The maximum absolute atomic E-state index is 13.8. The van der Waals surface area contributed by atoms with E-state index in [-0.39, 0.29) is 5.91 Å². The summed E-state index contributed by atoms with van der Waals surface area (Å²) in [6, 6.07) is 10.9. The minimum atomic E-state index is -0.575. The Labute approximate surface area is 172 Å². The lowest BCUT2D eigenvalue weighted by Gasteiger charge is -2.34. The highest BCUT2D eigenvalue weighted by molar-refractivity contribution is 6.05. The van der Waals surface area contributed by atoms with Crippen LogP contribution in [-0.2, 0) is 13.5 Å². The molecule has 2 aromatic carbocycles. The predicted octanol–water partition coefficient (Wildman–Crippen LogP) is 2.72. The fourth-order valence-corrected chi connectivity index (χ4v) is 3.81. The maximum Gasteiger partial charge on any atom is 0.275 e. The molecule has 0 radical (unpaired) electrons. The van der Waals surface area contributed by atoms with E-state index in [0.29, 0.717) is 56.0 Å². The van der Waals surface area contributed by atoms with Crippen LogP contribution in [-0.4, -0.2) is 58.2 Å². The van der Waals surface area contributed by atoms with Gasteiger partial charge in [0.1, 0.15) is 11.6 Å². The predicted molar refractivity (Wildman–Crippen MR) is 108 cm³/mol. The van der Waals surface area contributed by atoms with Crippen molar-refractivity contribution in [1.82, 2.24) is 19.6 Å². The molecular formula is C22H21F2N5O. The van der Waals surface area contributed by atoms with Gasteiger partial charge in [-0.3, -0.25) is 14.4 Å². The third kappa shape index (κ3) is 3.89. The molecule has 0 aliphatic carbocycles. The van der Waals surface area contributed by atoms with Crippen LogP contribution in [0.5, 0.6) is 0 Å². The van der Waals surface area contributed by atoms with Gasteiger partial charge in [0.05, 0.1) is 17.1 Å². The van der Waals surface area contributed by atoms with Crippen LogP contribution in [0.15, 0.2) is 36.4 Å². The number of fused-ring (bicyclic) bond motifs is 1. The van der Waals surface area contributed by atoms with Crippen LogP contribution in [0.25, 0.3) is 10.9 Å². The first-order chi connectivity index (χ1) is 14.5. The number of aryl methyl sites for hydroxylation is 1. The average molecular weight is 409 g/mol. The molecule has 4 rings (SSSR count). The molecule has 0 bridgehead atoms. The van der Waals surface area contributed by atoms with E-state index < -0.39 is 11.6 Å². The highest BCUT2D eigenvalue weighted by atomic mass is 19.1. The monoisotopic (exact) mass is 409 g/mol. The number of amides is 1. The molecular weight excluding hydrogens is 388 g/mol. The SMILES string of the molecule is Cn1nc(C(=O)N2CCN(CCc3ccc(F)cc3F)CC2)c2ccc(C#N)cc21. The summed E-state index contributed by atoms with van der Waals surface area (Å²) >= 11 is 0. The van der Waals surface area contributed by atoms with E-state index in [2.05, 4.69) is 16.1 Å². The third-order valence-corrected chi connectivity index (χ3v) is 5.56. The van der Waals surface area contributed by atoms with Crippen molar-refractivity contribution in [2.45, 2.75) is 6.42 Å². The Hall–Kier alpha value is -3.31. The van der Waals surface area contributed by atoms with E-state index in [1.807, 2.05) is 0 Å². The van der Waals surface area contributed by atoms with Gasteiger partial charge in [-0.25, -0.2) is 8.78 Å². The van der Waals surface area contributed by atoms with Crippen molar-refractivity contribution >= 4 is 16.8 Å². The summed E-state index contributed by atoms with van der Waals surface area (Å²) in [6.45, 7) is 3.11. The lowest BCUT2D eigenvalue weighted by molar-refractivity contribution is 0.0633. The van der Waals surface area contributed by atoms with E-state index >= 15 is 0 Å². The molecule has 0 atom stereocenters. The minimum absolute atomic E-state index is 0.130. The van der Waals surface area contributed by atoms with Gasteiger partial charge in [0.2, 0.25) is 0 Å². The zero-order chi connectivity index (χ0) is 21.3. The molecule has 2 heterocycles. The van der Waals surface area contributed by atoms with Gasteiger partial charge in [0.15, 0.2) is 5.69 Å². The number of benzene rings is 2. The van der Waals surface area contributed by atoms with Crippen LogP contribution in [0, 0.1) is 23.0 Å². The Balaban J connectivity index is 1.39. The number of carbonyl (C=O) groups excluding carboxylic acids is 1. The van der Waals surface area contributed by atoms with E-state index in [4.69, 9.17) is 5.26 Å². The van der Waals surface area contributed by atoms with Crippen molar-refractivity contribution in [3.8, 4) is 6.07 Å². The quantitative estimate of drug-likeness (QED) is 0.665. The van der Waals surface area contributed by atoms with E-state index in [1.165, 1.54) is 12.1 Å². The van der Waals surface area contributed by atoms with E-state index in [1.54, 1.807) is 34.8 Å². The Morgan fingerprint density at radius 1 is 1.13 bits per heavy atom. The zero-order valence-electron chi connectivity index (χ0n) is 16.6. The van der Waals surface area contributed by atoms with Gasteiger partial charge in [-0.2, -0.15) is 10.4 Å². The highest BCUT2D eigenvalue weighted by Gasteiger charge is 2.26. The Morgan fingerprint density at radius 3 is 2.60 bits per heavy atom. The lowest BCUT2D eigenvalue weighted by Crippen LogP contribution is -2.49. The number of piperazine rings is 1. The third-order valence-electron chi connectivity index (χ3n) is 5.56.